The molecule has 1 aromatic rings. The summed E-state index contributed by atoms with van der Waals surface area (Å²) in [4.78, 5) is 12.2. The molecule has 0 bridgehead atoms. The minimum absolute atomic E-state index is 0.000531. The first-order valence-electron chi connectivity index (χ1n) is 7.85. The smallest absolute Gasteiger partial charge is 0.237 e. The average molecular weight is 274 g/mol. The van der Waals surface area contributed by atoms with Crippen LogP contribution in [-0.2, 0) is 11.2 Å². The molecule has 1 saturated carbocycles. The van der Waals surface area contributed by atoms with E-state index in [1.807, 2.05) is 30.3 Å². The van der Waals surface area contributed by atoms with Crippen LogP contribution in [0.3, 0.4) is 0 Å². The molecule has 0 saturated heterocycles. The number of rotatable bonds is 4. The maximum atomic E-state index is 12.2. The van der Waals surface area contributed by atoms with Crippen molar-refractivity contribution in [1.29, 1.82) is 0 Å². The zero-order valence-electron chi connectivity index (χ0n) is 12.2. The number of benzene rings is 1. The second-order valence-corrected chi connectivity index (χ2v) is 5.85. The standard InChI is InChI=1S/C17H26N2O/c18-16(13-14-9-5-4-6-10-14)17(20)19-15-11-7-2-1-3-8-12-15/h4-6,9-10,15-16H,1-3,7-8,11-13,18H2,(H,19,20)/t16-/m1/s1. The zero-order chi connectivity index (χ0) is 14.2. The highest BCUT2D eigenvalue weighted by molar-refractivity contribution is 5.82. The number of carbonyl (C=O) groups is 1. The molecule has 1 aliphatic rings. The molecular weight excluding hydrogens is 248 g/mol. The van der Waals surface area contributed by atoms with E-state index in [1.54, 1.807) is 0 Å². The van der Waals surface area contributed by atoms with Gasteiger partial charge < -0.3 is 11.1 Å². The lowest BCUT2D eigenvalue weighted by molar-refractivity contribution is -0.123. The maximum absolute atomic E-state index is 12.2. The molecule has 0 heterocycles. The van der Waals surface area contributed by atoms with E-state index in [2.05, 4.69) is 5.32 Å². The van der Waals surface area contributed by atoms with Gasteiger partial charge in [0.25, 0.3) is 0 Å². The monoisotopic (exact) mass is 274 g/mol. The predicted molar refractivity (Wildman–Crippen MR) is 82.4 cm³/mol. The van der Waals surface area contributed by atoms with Crippen molar-refractivity contribution in [2.75, 3.05) is 0 Å². The Bertz CT molecular complexity index is 397. The van der Waals surface area contributed by atoms with Crippen molar-refractivity contribution in [2.45, 2.75) is 63.5 Å². The SMILES string of the molecule is N[C@H](Cc1ccccc1)C(=O)NC1CCCCCCC1. The lowest BCUT2D eigenvalue weighted by Gasteiger charge is -2.23. The van der Waals surface area contributed by atoms with Gasteiger partial charge in [0.15, 0.2) is 0 Å². The van der Waals surface area contributed by atoms with Crippen LogP contribution in [0.1, 0.15) is 50.5 Å². The van der Waals surface area contributed by atoms with Gasteiger partial charge >= 0.3 is 0 Å². The van der Waals surface area contributed by atoms with Gasteiger partial charge in [0, 0.05) is 6.04 Å². The van der Waals surface area contributed by atoms with Crippen LogP contribution in [0, 0.1) is 0 Å². The molecular formula is C17H26N2O. The normalized spacial score (nSPS) is 18.9. The number of hydrogen-bond acceptors (Lipinski definition) is 2. The Kier molecular flexibility index (Phi) is 6.06. The second kappa shape index (κ2) is 8.05. The van der Waals surface area contributed by atoms with Crippen LogP contribution in [-0.4, -0.2) is 18.0 Å². The quantitative estimate of drug-likeness (QED) is 0.887. The summed E-state index contributed by atoms with van der Waals surface area (Å²) in [6, 6.07) is 9.85. The van der Waals surface area contributed by atoms with Crippen LogP contribution in [0.15, 0.2) is 30.3 Å². The van der Waals surface area contributed by atoms with Crippen molar-refractivity contribution in [2.24, 2.45) is 5.73 Å². The van der Waals surface area contributed by atoms with Gasteiger partial charge in [0.1, 0.15) is 0 Å². The Hall–Kier alpha value is -1.35. The van der Waals surface area contributed by atoms with E-state index in [0.29, 0.717) is 12.5 Å². The summed E-state index contributed by atoms with van der Waals surface area (Å²) < 4.78 is 0. The third-order valence-electron chi connectivity index (χ3n) is 4.09. The van der Waals surface area contributed by atoms with Crippen molar-refractivity contribution < 1.29 is 4.79 Å². The van der Waals surface area contributed by atoms with Gasteiger partial charge in [-0.05, 0) is 24.8 Å². The molecule has 3 heteroatoms. The minimum Gasteiger partial charge on any atom is -0.352 e. The average Bonchev–Trinajstić information content (AvgIpc) is 2.42. The molecule has 0 aliphatic heterocycles. The van der Waals surface area contributed by atoms with Crippen molar-refractivity contribution in [3.63, 3.8) is 0 Å². The van der Waals surface area contributed by atoms with E-state index in [9.17, 15) is 4.79 Å². The van der Waals surface area contributed by atoms with Gasteiger partial charge in [-0.3, -0.25) is 4.79 Å². The lowest BCUT2D eigenvalue weighted by Crippen LogP contribution is -2.46. The fourth-order valence-corrected chi connectivity index (χ4v) is 2.87. The number of nitrogens with two attached hydrogens (primary N) is 1. The third-order valence-corrected chi connectivity index (χ3v) is 4.09. The highest BCUT2D eigenvalue weighted by Crippen LogP contribution is 2.17. The molecule has 3 nitrogen and oxygen atoms in total. The molecule has 1 aromatic carbocycles. The lowest BCUT2D eigenvalue weighted by atomic mass is 9.96. The highest BCUT2D eigenvalue weighted by atomic mass is 16.2. The molecule has 0 radical (unpaired) electrons. The fraction of sp³-hybridized carbons (Fsp3) is 0.588. The van der Waals surface area contributed by atoms with Gasteiger partial charge in [-0.15, -0.1) is 0 Å². The fourth-order valence-electron chi connectivity index (χ4n) is 2.87. The summed E-state index contributed by atoms with van der Waals surface area (Å²) in [7, 11) is 0. The first-order chi connectivity index (χ1) is 9.75. The van der Waals surface area contributed by atoms with E-state index < -0.39 is 6.04 Å². The van der Waals surface area contributed by atoms with Crippen molar-refractivity contribution >= 4 is 5.91 Å². The number of amides is 1. The van der Waals surface area contributed by atoms with Gasteiger partial charge in [-0.1, -0.05) is 62.4 Å². The van der Waals surface area contributed by atoms with Crippen LogP contribution in [0.4, 0.5) is 0 Å². The highest BCUT2D eigenvalue weighted by Gasteiger charge is 2.18. The zero-order valence-corrected chi connectivity index (χ0v) is 12.2. The van der Waals surface area contributed by atoms with Crippen LogP contribution in [0.5, 0.6) is 0 Å². The molecule has 1 fully saturated rings. The Morgan fingerprint density at radius 3 is 2.35 bits per heavy atom. The molecule has 0 unspecified atom stereocenters. The molecule has 1 amide bonds. The van der Waals surface area contributed by atoms with Crippen molar-refractivity contribution in [1.82, 2.24) is 5.32 Å². The largest absolute Gasteiger partial charge is 0.352 e. The van der Waals surface area contributed by atoms with Crippen molar-refractivity contribution in [3.8, 4) is 0 Å². The van der Waals surface area contributed by atoms with Gasteiger partial charge in [0.05, 0.1) is 6.04 Å². The third kappa shape index (κ3) is 4.97. The van der Waals surface area contributed by atoms with E-state index in [-0.39, 0.29) is 5.91 Å². The summed E-state index contributed by atoms with van der Waals surface area (Å²) in [6.07, 6.45) is 9.18. The Morgan fingerprint density at radius 1 is 1.10 bits per heavy atom. The maximum Gasteiger partial charge on any atom is 0.237 e. The van der Waals surface area contributed by atoms with Crippen LogP contribution in [0.2, 0.25) is 0 Å². The molecule has 0 spiro atoms. The molecule has 1 atom stereocenters. The van der Waals surface area contributed by atoms with E-state index in [4.69, 9.17) is 5.73 Å². The second-order valence-electron chi connectivity index (χ2n) is 5.85. The Morgan fingerprint density at radius 2 is 1.70 bits per heavy atom. The van der Waals surface area contributed by atoms with Crippen molar-refractivity contribution in [3.05, 3.63) is 35.9 Å². The van der Waals surface area contributed by atoms with Gasteiger partial charge in [-0.25, -0.2) is 0 Å². The summed E-state index contributed by atoms with van der Waals surface area (Å²) in [5.74, 6) is -0.000531. The summed E-state index contributed by atoms with van der Waals surface area (Å²) >= 11 is 0. The molecule has 1 aliphatic carbocycles. The summed E-state index contributed by atoms with van der Waals surface area (Å²) in [5, 5.41) is 3.14. The van der Waals surface area contributed by atoms with E-state index in [0.717, 1.165) is 18.4 Å². The number of hydrogen-bond donors (Lipinski definition) is 2. The molecule has 3 N–H and O–H groups in total. The topological polar surface area (TPSA) is 55.1 Å². The molecule has 0 aromatic heterocycles. The number of nitrogens with one attached hydrogen (secondary N) is 1. The molecule has 110 valence electrons. The molecule has 20 heavy (non-hydrogen) atoms. The summed E-state index contributed by atoms with van der Waals surface area (Å²) in [5.41, 5.74) is 7.14. The summed E-state index contributed by atoms with van der Waals surface area (Å²) in [6.45, 7) is 0. The van der Waals surface area contributed by atoms with Gasteiger partial charge in [-0.2, -0.15) is 0 Å². The van der Waals surface area contributed by atoms with Crippen LogP contribution in [0.25, 0.3) is 0 Å². The van der Waals surface area contributed by atoms with E-state index in [1.165, 1.54) is 32.1 Å². The van der Waals surface area contributed by atoms with Gasteiger partial charge in [0.2, 0.25) is 5.91 Å². The predicted octanol–water partition coefficient (Wildman–Crippen LogP) is 2.79. The molecule has 2 rings (SSSR count). The van der Waals surface area contributed by atoms with Crippen LogP contribution >= 0.6 is 0 Å². The number of carbonyl (C=O) groups excluding carboxylic acids is 1. The minimum atomic E-state index is -0.442. The first-order valence-corrected chi connectivity index (χ1v) is 7.85. The Labute approximate surface area is 121 Å². The van der Waals surface area contributed by atoms with Crippen LogP contribution < -0.4 is 11.1 Å². The first kappa shape index (κ1) is 15.0. The van der Waals surface area contributed by atoms with E-state index >= 15 is 0 Å². The Balaban J connectivity index is 1.80.